The predicted molar refractivity (Wildman–Crippen MR) is 77.7 cm³/mol. The summed E-state index contributed by atoms with van der Waals surface area (Å²) in [5.41, 5.74) is 3.87. The first-order valence-electron chi connectivity index (χ1n) is 6.21. The predicted octanol–water partition coefficient (Wildman–Crippen LogP) is 3.57. The van der Waals surface area contributed by atoms with Gasteiger partial charge in [0.15, 0.2) is 0 Å². The Morgan fingerprint density at radius 2 is 2.06 bits per heavy atom. The number of aryl methyl sites for hydroxylation is 2. The van der Waals surface area contributed by atoms with Gasteiger partial charge in [0.25, 0.3) is 0 Å². The number of nitrogens with zero attached hydrogens (tertiary/aromatic N) is 1. The minimum atomic E-state index is 0.563. The van der Waals surface area contributed by atoms with E-state index in [-0.39, 0.29) is 0 Å². The molecule has 2 nitrogen and oxygen atoms in total. The fourth-order valence-corrected chi connectivity index (χ4v) is 3.39. The van der Waals surface area contributed by atoms with E-state index >= 15 is 0 Å². The van der Waals surface area contributed by atoms with Gasteiger partial charge in [0, 0.05) is 23.1 Å². The molecule has 1 saturated heterocycles. The quantitative estimate of drug-likeness (QED) is 0.897. The molecule has 2 unspecified atom stereocenters. The van der Waals surface area contributed by atoms with Gasteiger partial charge in [-0.15, -0.1) is 0 Å². The maximum absolute atomic E-state index is 3.68. The fourth-order valence-electron chi connectivity index (χ4n) is 2.60. The largest absolute Gasteiger partial charge is 0.380 e. The molecule has 2 atom stereocenters. The molecule has 0 amide bonds. The lowest BCUT2D eigenvalue weighted by Gasteiger charge is -2.18. The third kappa shape index (κ3) is 2.83. The highest BCUT2D eigenvalue weighted by molar-refractivity contribution is 9.10. The summed E-state index contributed by atoms with van der Waals surface area (Å²) in [5, 5.41) is 3.68. The van der Waals surface area contributed by atoms with E-state index in [1.54, 1.807) is 0 Å². The first-order chi connectivity index (χ1) is 7.97. The summed E-state index contributed by atoms with van der Waals surface area (Å²) in [7, 11) is 2.20. The van der Waals surface area contributed by atoms with Crippen LogP contribution in [0.2, 0.25) is 0 Å². The standard InChI is InChI=1S/C14H21BrN2/c1-9-5-10(2)14(13(15)6-9)16-12-7-11(3)17(4)8-12/h5-6,11-12,16H,7-8H2,1-4H3. The second-order valence-electron chi connectivity index (χ2n) is 5.30. The van der Waals surface area contributed by atoms with Gasteiger partial charge < -0.3 is 10.2 Å². The average Bonchev–Trinajstić information content (AvgIpc) is 2.52. The first-order valence-corrected chi connectivity index (χ1v) is 7.00. The molecule has 1 aromatic carbocycles. The van der Waals surface area contributed by atoms with Crippen molar-refractivity contribution >= 4 is 21.6 Å². The number of nitrogens with one attached hydrogen (secondary N) is 1. The molecule has 1 heterocycles. The molecule has 0 spiro atoms. The number of hydrogen-bond donors (Lipinski definition) is 1. The van der Waals surface area contributed by atoms with Crippen molar-refractivity contribution in [2.75, 3.05) is 18.9 Å². The molecule has 1 aliphatic rings. The van der Waals surface area contributed by atoms with E-state index in [1.807, 2.05) is 0 Å². The van der Waals surface area contributed by atoms with E-state index in [0.717, 1.165) is 6.54 Å². The summed E-state index contributed by atoms with van der Waals surface area (Å²) in [6, 6.07) is 5.65. The zero-order valence-electron chi connectivity index (χ0n) is 11.0. The van der Waals surface area contributed by atoms with Gasteiger partial charge in [0.05, 0.1) is 5.69 Å². The molecule has 0 bridgehead atoms. The molecule has 1 aromatic rings. The van der Waals surface area contributed by atoms with Gasteiger partial charge in [-0.3, -0.25) is 0 Å². The minimum absolute atomic E-state index is 0.563. The van der Waals surface area contributed by atoms with Crippen LogP contribution in [0.5, 0.6) is 0 Å². The molecular formula is C14H21BrN2. The molecule has 2 rings (SSSR count). The Morgan fingerprint density at radius 3 is 2.59 bits per heavy atom. The Balaban J connectivity index is 2.14. The van der Waals surface area contributed by atoms with E-state index in [4.69, 9.17) is 0 Å². The van der Waals surface area contributed by atoms with E-state index in [0.29, 0.717) is 12.1 Å². The van der Waals surface area contributed by atoms with Crippen molar-refractivity contribution in [3.63, 3.8) is 0 Å². The second-order valence-corrected chi connectivity index (χ2v) is 6.16. The third-order valence-corrected chi connectivity index (χ3v) is 4.29. The van der Waals surface area contributed by atoms with Gasteiger partial charge in [0.1, 0.15) is 0 Å². The van der Waals surface area contributed by atoms with Gasteiger partial charge >= 0.3 is 0 Å². The van der Waals surface area contributed by atoms with Gasteiger partial charge in [-0.05, 0) is 67.4 Å². The van der Waals surface area contributed by atoms with Crippen molar-refractivity contribution in [2.45, 2.75) is 39.3 Å². The molecule has 17 heavy (non-hydrogen) atoms. The molecule has 0 aliphatic carbocycles. The molecule has 1 N–H and O–H groups in total. The number of halogens is 1. The zero-order chi connectivity index (χ0) is 12.6. The van der Waals surface area contributed by atoms with Crippen molar-refractivity contribution in [2.24, 2.45) is 0 Å². The third-order valence-electron chi connectivity index (χ3n) is 3.67. The van der Waals surface area contributed by atoms with Crippen LogP contribution >= 0.6 is 15.9 Å². The Kier molecular flexibility index (Phi) is 3.79. The summed E-state index contributed by atoms with van der Waals surface area (Å²) in [4.78, 5) is 2.41. The summed E-state index contributed by atoms with van der Waals surface area (Å²) in [6.45, 7) is 7.72. The Labute approximate surface area is 113 Å². The van der Waals surface area contributed by atoms with E-state index in [1.165, 1.54) is 27.7 Å². The van der Waals surface area contributed by atoms with Crippen molar-refractivity contribution in [3.05, 3.63) is 27.7 Å². The van der Waals surface area contributed by atoms with E-state index in [9.17, 15) is 0 Å². The molecule has 0 saturated carbocycles. The summed E-state index contributed by atoms with van der Waals surface area (Å²) in [6.07, 6.45) is 1.22. The monoisotopic (exact) mass is 296 g/mol. The van der Waals surface area contributed by atoms with Crippen molar-refractivity contribution in [1.82, 2.24) is 4.90 Å². The Bertz CT molecular complexity index is 384. The van der Waals surface area contributed by atoms with Crippen LogP contribution < -0.4 is 5.32 Å². The number of rotatable bonds is 2. The van der Waals surface area contributed by atoms with Gasteiger partial charge in [-0.1, -0.05) is 6.07 Å². The second kappa shape index (κ2) is 4.99. The molecule has 0 radical (unpaired) electrons. The molecule has 94 valence electrons. The van der Waals surface area contributed by atoms with Gasteiger partial charge in [-0.25, -0.2) is 0 Å². The maximum atomic E-state index is 3.68. The number of likely N-dealkylation sites (N-methyl/N-ethyl adjacent to an activating group) is 1. The molecule has 1 fully saturated rings. The van der Waals surface area contributed by atoms with Gasteiger partial charge in [-0.2, -0.15) is 0 Å². The SMILES string of the molecule is Cc1cc(C)c(NC2CC(C)N(C)C2)c(Br)c1. The zero-order valence-corrected chi connectivity index (χ0v) is 12.6. The van der Waals surface area contributed by atoms with Crippen molar-refractivity contribution in [1.29, 1.82) is 0 Å². The number of hydrogen-bond acceptors (Lipinski definition) is 2. The topological polar surface area (TPSA) is 15.3 Å². The maximum Gasteiger partial charge on any atom is 0.0517 e. The summed E-state index contributed by atoms with van der Waals surface area (Å²) < 4.78 is 1.18. The summed E-state index contributed by atoms with van der Waals surface area (Å²) in [5.74, 6) is 0. The van der Waals surface area contributed by atoms with Crippen molar-refractivity contribution in [3.8, 4) is 0 Å². The molecule has 3 heteroatoms. The van der Waals surface area contributed by atoms with E-state index in [2.05, 4.69) is 66.1 Å². The fraction of sp³-hybridized carbons (Fsp3) is 0.571. The lowest BCUT2D eigenvalue weighted by Crippen LogP contribution is -2.25. The van der Waals surface area contributed by atoms with Crippen LogP contribution in [0.1, 0.15) is 24.5 Å². The van der Waals surface area contributed by atoms with Crippen molar-refractivity contribution < 1.29 is 0 Å². The first kappa shape index (κ1) is 12.9. The highest BCUT2D eigenvalue weighted by Gasteiger charge is 2.26. The number of likely N-dealkylation sites (tertiary alicyclic amines) is 1. The number of benzene rings is 1. The van der Waals surface area contributed by atoms with Gasteiger partial charge in [0.2, 0.25) is 0 Å². The molecule has 1 aliphatic heterocycles. The van der Waals surface area contributed by atoms with Crippen LogP contribution in [0, 0.1) is 13.8 Å². The number of anilines is 1. The average molecular weight is 297 g/mol. The smallest absolute Gasteiger partial charge is 0.0517 e. The molecule has 0 aromatic heterocycles. The lowest BCUT2D eigenvalue weighted by atomic mass is 10.1. The van der Waals surface area contributed by atoms with Crippen LogP contribution in [-0.4, -0.2) is 30.6 Å². The van der Waals surface area contributed by atoms with E-state index < -0.39 is 0 Å². The molecular weight excluding hydrogens is 276 g/mol. The lowest BCUT2D eigenvalue weighted by molar-refractivity contribution is 0.330. The van der Waals surface area contributed by atoms with Crippen LogP contribution in [0.4, 0.5) is 5.69 Å². The normalized spacial score (nSPS) is 25.2. The Hall–Kier alpha value is -0.540. The van der Waals surface area contributed by atoms with Crippen LogP contribution in [0.25, 0.3) is 0 Å². The highest BCUT2D eigenvalue weighted by atomic mass is 79.9. The highest BCUT2D eigenvalue weighted by Crippen LogP contribution is 2.30. The summed E-state index contributed by atoms with van der Waals surface area (Å²) >= 11 is 3.66. The minimum Gasteiger partial charge on any atom is -0.380 e. The van der Waals surface area contributed by atoms with Crippen LogP contribution in [-0.2, 0) is 0 Å². The van der Waals surface area contributed by atoms with Crippen LogP contribution in [0.3, 0.4) is 0 Å². The Morgan fingerprint density at radius 1 is 1.35 bits per heavy atom. The van der Waals surface area contributed by atoms with Crippen LogP contribution in [0.15, 0.2) is 16.6 Å².